The Bertz CT molecular complexity index is 1330. The number of carbonyl (C=O) groups excluding carboxylic acids is 2. The minimum absolute atomic E-state index is 0.0206. The van der Waals surface area contributed by atoms with Gasteiger partial charge in [0, 0.05) is 11.3 Å². The monoisotopic (exact) mass is 624 g/mol. The maximum Gasteiger partial charge on any atom is 0.310 e. The van der Waals surface area contributed by atoms with Crippen molar-refractivity contribution < 1.29 is 34.1 Å². The fraction of sp³-hybridized carbons (Fsp3) is 0.842. The van der Waals surface area contributed by atoms with E-state index in [0.29, 0.717) is 32.1 Å². The van der Waals surface area contributed by atoms with Gasteiger partial charge in [-0.3, -0.25) is 19.2 Å². The van der Waals surface area contributed by atoms with Crippen LogP contribution in [-0.2, 0) is 23.9 Å². The highest BCUT2D eigenvalue weighted by atomic mass is 16.5. The third-order valence-electron chi connectivity index (χ3n) is 15.7. The van der Waals surface area contributed by atoms with E-state index >= 15 is 0 Å². The van der Waals surface area contributed by atoms with Crippen LogP contribution in [0, 0.1) is 62.1 Å². The molecule has 6 rings (SSSR count). The second-order valence-electron chi connectivity index (χ2n) is 18.2. The highest BCUT2D eigenvalue weighted by Gasteiger charge is 2.70. The van der Waals surface area contributed by atoms with Crippen LogP contribution < -0.4 is 0 Å². The molecule has 0 aromatic carbocycles. The zero-order chi connectivity index (χ0) is 33.0. The number of carboxylic acids is 2. The predicted octanol–water partition coefficient (Wildman–Crippen LogP) is 7.85. The predicted molar refractivity (Wildman–Crippen MR) is 170 cm³/mol. The molecule has 0 aromatic rings. The fourth-order valence-electron chi connectivity index (χ4n) is 12.5. The van der Waals surface area contributed by atoms with Gasteiger partial charge in [-0.25, -0.2) is 0 Å². The maximum atomic E-state index is 14.6. The topological polar surface area (TPSA) is 118 Å². The molecule has 5 fully saturated rings. The first kappa shape index (κ1) is 32.7. The SMILES string of the molecule is CC1(C)[C@@H](OC(=O)[C@@H]2CCCC[C@@H]2C(=O)O)CC[C@]2(C)[C@H]3C(=O)C=C4C5C[C@@](C)(C(=O)O)CC[C@]5(C)CC[C@@]4(C)[C@]3(C)CC[C@@H]12. The molecule has 11 atom stereocenters. The van der Waals surface area contributed by atoms with E-state index in [1.54, 1.807) is 0 Å². The number of rotatable bonds is 4. The van der Waals surface area contributed by atoms with Crippen molar-refractivity contribution in [2.45, 2.75) is 138 Å². The standard InChI is InChI=1S/C38H56O7/c1-33(2)27-12-15-38(7)29(36(27,5)14-13-28(33)45-31(42)23-11-9-8-10-22(23)30(40)41)26(39)20-24-25-21-35(4,32(43)44)17-16-34(25,3)18-19-37(24,38)6/h20,22-23,25,27-29H,8-19,21H2,1-7H3,(H,40,41)(H,43,44)/t22-,23+,25?,27-,28-,29+,34+,35-,36-,37+,38+/m0/s1. The molecule has 45 heavy (non-hydrogen) atoms. The Kier molecular flexibility index (Phi) is 7.58. The Morgan fingerprint density at radius 3 is 2.09 bits per heavy atom. The Balaban J connectivity index is 1.30. The lowest BCUT2D eigenvalue weighted by Gasteiger charge is -2.70. The first-order valence-corrected chi connectivity index (χ1v) is 17.8. The van der Waals surface area contributed by atoms with Crippen LogP contribution >= 0.6 is 0 Å². The number of ether oxygens (including phenoxy) is 1. The van der Waals surface area contributed by atoms with E-state index in [1.807, 2.05) is 13.0 Å². The Morgan fingerprint density at radius 2 is 1.44 bits per heavy atom. The van der Waals surface area contributed by atoms with Crippen LogP contribution in [0.2, 0.25) is 0 Å². The van der Waals surface area contributed by atoms with Crippen LogP contribution in [0.25, 0.3) is 0 Å². The zero-order valence-electron chi connectivity index (χ0n) is 28.7. The zero-order valence-corrected chi connectivity index (χ0v) is 28.7. The molecule has 0 aromatic heterocycles. The molecule has 1 unspecified atom stereocenters. The largest absolute Gasteiger partial charge is 0.481 e. The Morgan fingerprint density at radius 1 is 0.800 bits per heavy atom. The molecule has 0 spiro atoms. The van der Waals surface area contributed by atoms with E-state index in [4.69, 9.17) is 4.74 Å². The van der Waals surface area contributed by atoms with E-state index in [2.05, 4.69) is 41.5 Å². The molecule has 0 heterocycles. The number of hydrogen-bond acceptors (Lipinski definition) is 5. The minimum Gasteiger partial charge on any atom is -0.481 e. The van der Waals surface area contributed by atoms with Crippen LogP contribution in [0.15, 0.2) is 11.6 Å². The second-order valence-corrected chi connectivity index (χ2v) is 18.2. The van der Waals surface area contributed by atoms with Gasteiger partial charge in [0.15, 0.2) is 5.78 Å². The summed E-state index contributed by atoms with van der Waals surface area (Å²) in [7, 11) is 0. The Hall–Kier alpha value is -2.18. The molecule has 0 amide bonds. The maximum absolute atomic E-state index is 14.6. The molecule has 5 saturated carbocycles. The Labute approximate surface area is 269 Å². The molecule has 6 aliphatic carbocycles. The number of ketones is 1. The van der Waals surface area contributed by atoms with Gasteiger partial charge in [-0.15, -0.1) is 0 Å². The van der Waals surface area contributed by atoms with Crippen molar-refractivity contribution in [3.8, 4) is 0 Å². The van der Waals surface area contributed by atoms with Gasteiger partial charge in [0.1, 0.15) is 6.10 Å². The molecule has 0 bridgehead atoms. The summed E-state index contributed by atoms with van der Waals surface area (Å²) in [6.45, 7) is 15.7. The van der Waals surface area contributed by atoms with Crippen LogP contribution in [0.1, 0.15) is 132 Å². The van der Waals surface area contributed by atoms with E-state index in [1.165, 1.54) is 5.57 Å². The van der Waals surface area contributed by atoms with Crippen LogP contribution in [0.5, 0.6) is 0 Å². The number of carbonyl (C=O) groups is 4. The van der Waals surface area contributed by atoms with Crippen molar-refractivity contribution in [1.82, 2.24) is 0 Å². The van der Waals surface area contributed by atoms with E-state index in [-0.39, 0.29) is 62.7 Å². The molecule has 6 aliphatic rings. The number of allylic oxidation sites excluding steroid dienone is 2. The number of aliphatic carboxylic acids is 2. The normalized spacial score (nSPS) is 48.9. The van der Waals surface area contributed by atoms with Crippen molar-refractivity contribution >= 4 is 23.7 Å². The van der Waals surface area contributed by atoms with Gasteiger partial charge in [0.05, 0.1) is 17.3 Å². The molecular weight excluding hydrogens is 568 g/mol. The van der Waals surface area contributed by atoms with E-state index in [9.17, 15) is 29.4 Å². The molecule has 2 N–H and O–H groups in total. The second kappa shape index (κ2) is 10.4. The molecule has 0 saturated heterocycles. The molecule has 7 heteroatoms. The summed E-state index contributed by atoms with van der Waals surface area (Å²) in [6, 6.07) is 0. The summed E-state index contributed by atoms with van der Waals surface area (Å²) < 4.78 is 6.28. The van der Waals surface area contributed by atoms with Crippen molar-refractivity contribution in [3.05, 3.63) is 11.6 Å². The first-order chi connectivity index (χ1) is 20.8. The van der Waals surface area contributed by atoms with Gasteiger partial charge in [0.2, 0.25) is 0 Å². The third-order valence-corrected chi connectivity index (χ3v) is 15.7. The van der Waals surface area contributed by atoms with Crippen molar-refractivity contribution in [2.75, 3.05) is 0 Å². The summed E-state index contributed by atoms with van der Waals surface area (Å²) in [5.41, 5.74) is -0.576. The van der Waals surface area contributed by atoms with Gasteiger partial charge in [-0.05, 0) is 117 Å². The highest BCUT2D eigenvalue weighted by molar-refractivity contribution is 5.95. The number of fused-ring (bicyclic) bond motifs is 7. The summed E-state index contributed by atoms with van der Waals surface area (Å²) >= 11 is 0. The van der Waals surface area contributed by atoms with Crippen molar-refractivity contribution in [3.63, 3.8) is 0 Å². The first-order valence-electron chi connectivity index (χ1n) is 17.8. The summed E-state index contributed by atoms with van der Waals surface area (Å²) in [6.07, 6.45) is 12.0. The molecule has 7 nitrogen and oxygen atoms in total. The quantitative estimate of drug-likeness (QED) is 0.306. The summed E-state index contributed by atoms with van der Waals surface area (Å²) in [5.74, 6) is -2.91. The number of esters is 1. The highest BCUT2D eigenvalue weighted by Crippen LogP contribution is 2.75. The van der Waals surface area contributed by atoms with Gasteiger partial charge in [0.25, 0.3) is 0 Å². The third kappa shape index (κ3) is 4.54. The van der Waals surface area contributed by atoms with Crippen LogP contribution in [0.4, 0.5) is 0 Å². The van der Waals surface area contributed by atoms with Gasteiger partial charge < -0.3 is 14.9 Å². The van der Waals surface area contributed by atoms with Gasteiger partial charge >= 0.3 is 17.9 Å². The molecular formula is C38H56O7. The summed E-state index contributed by atoms with van der Waals surface area (Å²) in [4.78, 5) is 52.4. The van der Waals surface area contributed by atoms with Crippen LogP contribution in [-0.4, -0.2) is 40.0 Å². The average molecular weight is 625 g/mol. The van der Waals surface area contributed by atoms with Crippen LogP contribution in [0.3, 0.4) is 0 Å². The lowest BCUT2D eigenvalue weighted by Crippen LogP contribution is -2.66. The average Bonchev–Trinajstić information content (AvgIpc) is 2.96. The van der Waals surface area contributed by atoms with E-state index < -0.39 is 29.2 Å². The lowest BCUT2D eigenvalue weighted by atomic mass is 9.33. The lowest BCUT2D eigenvalue weighted by molar-refractivity contribution is -0.213. The minimum atomic E-state index is -0.903. The molecule has 0 aliphatic heterocycles. The molecule has 250 valence electrons. The molecule has 0 radical (unpaired) electrons. The van der Waals surface area contributed by atoms with Crippen molar-refractivity contribution in [2.24, 2.45) is 62.1 Å². The smallest absolute Gasteiger partial charge is 0.310 e. The number of carboxylic acid groups (broad SMARTS) is 2. The van der Waals surface area contributed by atoms with Gasteiger partial charge in [-0.2, -0.15) is 0 Å². The van der Waals surface area contributed by atoms with E-state index in [0.717, 1.165) is 51.4 Å². The van der Waals surface area contributed by atoms with Gasteiger partial charge in [-0.1, -0.05) is 60.0 Å². The fourth-order valence-corrected chi connectivity index (χ4v) is 12.5. The van der Waals surface area contributed by atoms with Crippen molar-refractivity contribution in [1.29, 1.82) is 0 Å². The number of hydrogen-bond donors (Lipinski definition) is 2. The summed E-state index contributed by atoms with van der Waals surface area (Å²) in [5, 5.41) is 20.0.